The molecule has 1 N–H and O–H groups in total. The maximum absolute atomic E-state index is 12.8. The van der Waals surface area contributed by atoms with Gasteiger partial charge < -0.3 is 9.88 Å². The predicted molar refractivity (Wildman–Crippen MR) is 119 cm³/mol. The molecule has 0 saturated carbocycles. The minimum Gasteiger partial charge on any atom is -0.352 e. The number of benzene rings is 3. The largest absolute Gasteiger partial charge is 0.352 e. The number of hydrogen-bond donors (Lipinski definition) is 1. The zero-order valence-corrected chi connectivity index (χ0v) is 16.9. The van der Waals surface area contributed by atoms with Crippen LogP contribution < -0.4 is 5.32 Å². The zero-order chi connectivity index (χ0) is 20.6. The second-order valence-corrected chi connectivity index (χ2v) is 7.28. The van der Waals surface area contributed by atoms with E-state index in [1.165, 1.54) is 11.1 Å². The number of amides is 1. The van der Waals surface area contributed by atoms with E-state index in [4.69, 9.17) is 0 Å². The van der Waals surface area contributed by atoms with E-state index in [9.17, 15) is 4.79 Å². The minimum atomic E-state index is -0.0392. The highest BCUT2D eigenvalue weighted by atomic mass is 16.1. The van der Waals surface area contributed by atoms with Crippen molar-refractivity contribution in [3.05, 3.63) is 125 Å². The van der Waals surface area contributed by atoms with Crippen LogP contribution in [0, 0.1) is 0 Å². The molecule has 30 heavy (non-hydrogen) atoms. The van der Waals surface area contributed by atoms with E-state index in [1.54, 1.807) is 0 Å². The molecule has 0 fully saturated rings. The number of imidazole rings is 1. The molecule has 1 amide bonds. The van der Waals surface area contributed by atoms with Crippen molar-refractivity contribution in [2.75, 3.05) is 6.54 Å². The van der Waals surface area contributed by atoms with Gasteiger partial charge in [0.2, 0.25) is 0 Å². The molecule has 3 aromatic carbocycles. The lowest BCUT2D eigenvalue weighted by Crippen LogP contribution is -2.27. The van der Waals surface area contributed by atoms with Crippen LogP contribution in [-0.2, 0) is 19.4 Å². The normalized spacial score (nSPS) is 10.7. The number of nitrogens with one attached hydrogen (secondary N) is 1. The molecule has 0 atom stereocenters. The Morgan fingerprint density at radius 1 is 0.833 bits per heavy atom. The molecule has 0 aliphatic carbocycles. The lowest BCUT2D eigenvalue weighted by atomic mass is 9.99. The Morgan fingerprint density at radius 2 is 1.50 bits per heavy atom. The van der Waals surface area contributed by atoms with Crippen LogP contribution in [0.4, 0.5) is 0 Å². The maximum atomic E-state index is 12.8. The van der Waals surface area contributed by atoms with Gasteiger partial charge in [0.05, 0.1) is 0 Å². The Balaban J connectivity index is 1.37. The summed E-state index contributed by atoms with van der Waals surface area (Å²) in [4.78, 5) is 17.3. The summed E-state index contributed by atoms with van der Waals surface area (Å²) in [6.07, 6.45) is 5.23. The van der Waals surface area contributed by atoms with Gasteiger partial charge in [0.15, 0.2) is 0 Å². The summed E-state index contributed by atoms with van der Waals surface area (Å²) in [5, 5.41) is 3.06. The lowest BCUT2D eigenvalue weighted by molar-refractivity contribution is 0.0953. The van der Waals surface area contributed by atoms with Crippen molar-refractivity contribution in [2.45, 2.75) is 19.4 Å². The van der Waals surface area contributed by atoms with Crippen LogP contribution in [0.2, 0.25) is 0 Å². The fourth-order valence-electron chi connectivity index (χ4n) is 3.59. The van der Waals surface area contributed by atoms with Gasteiger partial charge in [0, 0.05) is 37.5 Å². The molecule has 0 bridgehead atoms. The molecular weight excluding hydrogens is 370 g/mol. The minimum absolute atomic E-state index is 0.0392. The van der Waals surface area contributed by atoms with E-state index in [0.717, 1.165) is 29.9 Å². The molecule has 4 rings (SSSR count). The van der Waals surface area contributed by atoms with Gasteiger partial charge in [-0.3, -0.25) is 4.79 Å². The van der Waals surface area contributed by atoms with Gasteiger partial charge in [0.1, 0.15) is 5.82 Å². The van der Waals surface area contributed by atoms with Gasteiger partial charge in [-0.15, -0.1) is 0 Å². The summed E-state index contributed by atoms with van der Waals surface area (Å²) in [6, 6.07) is 28.3. The first-order valence-electron chi connectivity index (χ1n) is 10.2. The average Bonchev–Trinajstić information content (AvgIpc) is 3.22. The van der Waals surface area contributed by atoms with Gasteiger partial charge in [-0.1, -0.05) is 78.9 Å². The number of aromatic nitrogens is 2. The highest BCUT2D eigenvalue weighted by molar-refractivity contribution is 5.95. The Kier molecular flexibility index (Phi) is 6.35. The molecule has 4 nitrogen and oxygen atoms in total. The molecule has 0 saturated heterocycles. The van der Waals surface area contributed by atoms with Crippen LogP contribution in [-0.4, -0.2) is 22.0 Å². The Hall–Kier alpha value is -3.66. The summed E-state index contributed by atoms with van der Waals surface area (Å²) in [7, 11) is 0. The van der Waals surface area contributed by atoms with Crippen molar-refractivity contribution < 1.29 is 4.79 Å². The monoisotopic (exact) mass is 395 g/mol. The summed E-state index contributed by atoms with van der Waals surface area (Å²) in [5.41, 5.74) is 4.19. The third-order valence-corrected chi connectivity index (χ3v) is 5.13. The van der Waals surface area contributed by atoms with E-state index in [-0.39, 0.29) is 5.91 Å². The van der Waals surface area contributed by atoms with Crippen molar-refractivity contribution >= 4 is 5.91 Å². The number of hydrogen-bond acceptors (Lipinski definition) is 2. The Bertz CT molecular complexity index is 1090. The Labute approximate surface area is 177 Å². The van der Waals surface area contributed by atoms with Crippen molar-refractivity contribution in [3.8, 4) is 0 Å². The summed E-state index contributed by atoms with van der Waals surface area (Å²) < 4.78 is 2.13. The third kappa shape index (κ3) is 5.03. The van der Waals surface area contributed by atoms with Gasteiger partial charge in [0.25, 0.3) is 5.91 Å². The first-order chi connectivity index (χ1) is 14.8. The number of carbonyl (C=O) groups excluding carboxylic acids is 1. The summed E-state index contributed by atoms with van der Waals surface area (Å²) in [5.74, 6) is 0.930. The van der Waals surface area contributed by atoms with Gasteiger partial charge in [-0.25, -0.2) is 4.98 Å². The van der Waals surface area contributed by atoms with Crippen LogP contribution in [0.15, 0.2) is 97.3 Å². The lowest BCUT2D eigenvalue weighted by Gasteiger charge is -2.11. The number of nitrogens with zero attached hydrogens (tertiary/aromatic N) is 2. The molecule has 4 aromatic rings. The molecule has 0 radical (unpaired) electrons. The molecule has 0 aliphatic heterocycles. The van der Waals surface area contributed by atoms with Crippen LogP contribution in [0.5, 0.6) is 0 Å². The first kappa shape index (κ1) is 19.6. The van der Waals surface area contributed by atoms with Crippen LogP contribution in [0.3, 0.4) is 0 Å². The van der Waals surface area contributed by atoms with Gasteiger partial charge in [-0.05, 0) is 29.2 Å². The molecule has 150 valence electrons. The SMILES string of the molecule is O=C(NCCc1nccn1Cc1ccccc1)c1ccccc1Cc1ccccc1. The van der Waals surface area contributed by atoms with Crippen molar-refractivity contribution in [2.24, 2.45) is 0 Å². The van der Waals surface area contributed by atoms with Gasteiger partial charge >= 0.3 is 0 Å². The van der Waals surface area contributed by atoms with E-state index >= 15 is 0 Å². The summed E-state index contributed by atoms with van der Waals surface area (Å²) >= 11 is 0. The molecule has 0 unspecified atom stereocenters. The molecule has 0 aliphatic rings. The van der Waals surface area contributed by atoms with Crippen molar-refractivity contribution in [1.82, 2.24) is 14.9 Å². The van der Waals surface area contributed by atoms with E-state index in [1.807, 2.05) is 73.1 Å². The fourth-order valence-corrected chi connectivity index (χ4v) is 3.59. The molecule has 0 spiro atoms. The van der Waals surface area contributed by atoms with Gasteiger partial charge in [-0.2, -0.15) is 0 Å². The summed E-state index contributed by atoms with van der Waals surface area (Å²) in [6.45, 7) is 1.33. The maximum Gasteiger partial charge on any atom is 0.251 e. The molecule has 4 heteroatoms. The quantitative estimate of drug-likeness (QED) is 0.478. The second kappa shape index (κ2) is 9.70. The zero-order valence-electron chi connectivity index (χ0n) is 16.9. The van der Waals surface area contributed by atoms with Crippen LogP contribution >= 0.6 is 0 Å². The average molecular weight is 396 g/mol. The highest BCUT2D eigenvalue weighted by Gasteiger charge is 2.12. The van der Waals surface area contributed by atoms with Crippen LogP contribution in [0.1, 0.15) is 32.9 Å². The smallest absolute Gasteiger partial charge is 0.251 e. The molecular formula is C26H25N3O. The number of rotatable bonds is 8. The predicted octanol–water partition coefficient (Wildman–Crippen LogP) is 4.49. The van der Waals surface area contributed by atoms with E-state index < -0.39 is 0 Å². The first-order valence-corrected chi connectivity index (χ1v) is 10.2. The molecule has 1 heterocycles. The molecule has 1 aromatic heterocycles. The Morgan fingerprint density at radius 3 is 2.27 bits per heavy atom. The highest BCUT2D eigenvalue weighted by Crippen LogP contribution is 2.14. The topological polar surface area (TPSA) is 46.9 Å². The standard InChI is InChI=1S/C26H25N3O/c30-26(24-14-8-7-13-23(24)19-21-9-3-1-4-10-21)28-16-15-25-27-17-18-29(25)20-22-11-5-2-6-12-22/h1-14,17-18H,15-16,19-20H2,(H,28,30). The van der Waals surface area contributed by atoms with Crippen LogP contribution in [0.25, 0.3) is 0 Å². The fraction of sp³-hybridized carbons (Fsp3) is 0.154. The van der Waals surface area contributed by atoms with Crippen molar-refractivity contribution in [1.29, 1.82) is 0 Å². The third-order valence-electron chi connectivity index (χ3n) is 5.13. The van der Waals surface area contributed by atoms with Crippen molar-refractivity contribution in [3.63, 3.8) is 0 Å². The van der Waals surface area contributed by atoms with E-state index in [2.05, 4.69) is 39.1 Å². The second-order valence-electron chi connectivity index (χ2n) is 7.28. The van der Waals surface area contributed by atoms with E-state index in [0.29, 0.717) is 13.0 Å². The number of carbonyl (C=O) groups is 1.